The van der Waals surface area contributed by atoms with Crippen molar-refractivity contribution in [3.63, 3.8) is 0 Å². The van der Waals surface area contributed by atoms with E-state index >= 15 is 0 Å². The number of carbonyl (C=O) groups excluding carboxylic acids is 2. The molecular weight excluding hydrogens is 356 g/mol. The lowest BCUT2D eigenvalue weighted by Crippen LogP contribution is -2.13. The van der Waals surface area contributed by atoms with Crippen LogP contribution in [0.15, 0.2) is 48.0 Å². The lowest BCUT2D eigenvalue weighted by molar-refractivity contribution is -0.132. The number of anilines is 1. The van der Waals surface area contributed by atoms with Gasteiger partial charge in [0.15, 0.2) is 11.5 Å². The summed E-state index contributed by atoms with van der Waals surface area (Å²) in [5.41, 5.74) is 0.911. The zero-order valence-electron chi connectivity index (χ0n) is 14.1. The first-order chi connectivity index (χ1) is 12.4. The first kappa shape index (κ1) is 19.0. The fraction of sp³-hybridized carbons (Fsp3) is 0.105. The molecule has 0 aliphatic carbocycles. The molecular formula is C19H15ClN2O4. The molecule has 1 amide bonds. The Kier molecular flexibility index (Phi) is 6.36. The topological polar surface area (TPSA) is 88.4 Å². The molecule has 7 heteroatoms. The van der Waals surface area contributed by atoms with E-state index in [0.717, 1.165) is 0 Å². The van der Waals surface area contributed by atoms with Gasteiger partial charge in [0.25, 0.3) is 5.91 Å². The van der Waals surface area contributed by atoms with E-state index in [9.17, 15) is 14.9 Å². The Morgan fingerprint density at radius 3 is 2.58 bits per heavy atom. The third kappa shape index (κ3) is 5.10. The molecule has 0 bridgehead atoms. The summed E-state index contributed by atoms with van der Waals surface area (Å²) in [6.07, 6.45) is 1.40. The van der Waals surface area contributed by atoms with Gasteiger partial charge in [-0.25, -0.2) is 0 Å². The molecule has 0 fully saturated rings. The lowest BCUT2D eigenvalue weighted by Gasteiger charge is -2.09. The predicted molar refractivity (Wildman–Crippen MR) is 98.0 cm³/mol. The number of benzene rings is 2. The number of methoxy groups -OCH3 is 1. The average molecular weight is 371 g/mol. The van der Waals surface area contributed by atoms with Crippen molar-refractivity contribution < 1.29 is 19.1 Å². The standard InChI is InChI=1S/C19H15ClN2O4/c1-12(23)26-17-7-6-13(9-18(17)25-2)8-14(11-21)19(24)22-16-5-3-4-15(20)10-16/h3-10H,1-2H3,(H,22,24)/b14-8+. The number of hydrogen-bond acceptors (Lipinski definition) is 5. The second-order valence-corrected chi connectivity index (χ2v) is 5.57. The Hall–Kier alpha value is -3.30. The number of carbonyl (C=O) groups is 2. The van der Waals surface area contributed by atoms with Crippen molar-refractivity contribution in [3.05, 3.63) is 58.6 Å². The Morgan fingerprint density at radius 2 is 1.96 bits per heavy atom. The summed E-state index contributed by atoms with van der Waals surface area (Å²) in [5.74, 6) is -0.497. The van der Waals surface area contributed by atoms with Gasteiger partial charge in [0.05, 0.1) is 7.11 Å². The summed E-state index contributed by atoms with van der Waals surface area (Å²) in [4.78, 5) is 23.4. The van der Waals surface area contributed by atoms with Crippen molar-refractivity contribution >= 4 is 35.2 Å². The minimum absolute atomic E-state index is 0.104. The number of rotatable bonds is 5. The van der Waals surface area contributed by atoms with Crippen LogP contribution in [-0.4, -0.2) is 19.0 Å². The second kappa shape index (κ2) is 8.70. The number of halogens is 1. The van der Waals surface area contributed by atoms with E-state index in [1.807, 2.05) is 6.07 Å². The van der Waals surface area contributed by atoms with Gasteiger partial charge < -0.3 is 14.8 Å². The van der Waals surface area contributed by atoms with Gasteiger partial charge >= 0.3 is 5.97 Å². The van der Waals surface area contributed by atoms with E-state index in [-0.39, 0.29) is 11.3 Å². The molecule has 0 heterocycles. The van der Waals surface area contributed by atoms with Gasteiger partial charge in [-0.05, 0) is 42.0 Å². The van der Waals surface area contributed by atoms with Gasteiger partial charge in [-0.1, -0.05) is 23.7 Å². The molecule has 0 radical (unpaired) electrons. The van der Waals surface area contributed by atoms with Crippen LogP contribution in [0, 0.1) is 11.3 Å². The Bertz CT molecular complexity index is 916. The van der Waals surface area contributed by atoms with Crippen molar-refractivity contribution in [2.24, 2.45) is 0 Å². The highest BCUT2D eigenvalue weighted by Crippen LogP contribution is 2.29. The third-order valence-corrected chi connectivity index (χ3v) is 3.44. The van der Waals surface area contributed by atoms with Gasteiger partial charge in [0.1, 0.15) is 11.6 Å². The number of hydrogen-bond donors (Lipinski definition) is 1. The monoisotopic (exact) mass is 370 g/mol. The summed E-state index contributed by atoms with van der Waals surface area (Å²) in [5, 5.41) is 12.4. The highest BCUT2D eigenvalue weighted by molar-refractivity contribution is 6.31. The molecule has 0 spiro atoms. The van der Waals surface area contributed by atoms with Crippen LogP contribution in [0.5, 0.6) is 11.5 Å². The normalized spacial score (nSPS) is 10.6. The lowest BCUT2D eigenvalue weighted by atomic mass is 10.1. The van der Waals surface area contributed by atoms with Crippen molar-refractivity contribution in [1.29, 1.82) is 5.26 Å². The number of nitrogens with one attached hydrogen (secondary N) is 1. The smallest absolute Gasteiger partial charge is 0.308 e. The van der Waals surface area contributed by atoms with Gasteiger partial charge in [0, 0.05) is 17.6 Å². The number of esters is 1. The SMILES string of the molecule is COc1cc(/C=C(\C#N)C(=O)Nc2cccc(Cl)c2)ccc1OC(C)=O. The molecule has 2 aromatic carbocycles. The first-order valence-electron chi connectivity index (χ1n) is 7.48. The van der Waals surface area contributed by atoms with Crippen molar-refractivity contribution in [1.82, 2.24) is 0 Å². The molecule has 6 nitrogen and oxygen atoms in total. The van der Waals surface area contributed by atoms with E-state index in [4.69, 9.17) is 21.1 Å². The molecule has 2 aromatic rings. The van der Waals surface area contributed by atoms with Crippen LogP contribution in [-0.2, 0) is 9.59 Å². The molecule has 0 atom stereocenters. The molecule has 0 unspecified atom stereocenters. The number of nitriles is 1. The van der Waals surface area contributed by atoms with Crippen LogP contribution in [0.25, 0.3) is 6.08 Å². The quantitative estimate of drug-likeness (QED) is 0.374. The van der Waals surface area contributed by atoms with Crippen LogP contribution in [0.3, 0.4) is 0 Å². The van der Waals surface area contributed by atoms with Crippen LogP contribution in [0.4, 0.5) is 5.69 Å². The Balaban J connectivity index is 2.26. The molecule has 2 rings (SSSR count). The summed E-state index contributed by atoms with van der Waals surface area (Å²) in [6.45, 7) is 1.28. The Labute approximate surface area is 155 Å². The van der Waals surface area contributed by atoms with E-state index in [1.165, 1.54) is 26.2 Å². The number of amides is 1. The zero-order chi connectivity index (χ0) is 19.1. The van der Waals surface area contributed by atoms with E-state index in [1.54, 1.807) is 36.4 Å². The molecule has 1 N–H and O–H groups in total. The predicted octanol–water partition coefficient (Wildman–Crippen LogP) is 3.82. The molecule has 0 aliphatic rings. The summed E-state index contributed by atoms with van der Waals surface area (Å²) in [6, 6.07) is 13.1. The fourth-order valence-corrected chi connectivity index (χ4v) is 2.28. The van der Waals surface area contributed by atoms with Crippen LogP contribution in [0.1, 0.15) is 12.5 Å². The van der Waals surface area contributed by atoms with Gasteiger partial charge in [0.2, 0.25) is 0 Å². The van der Waals surface area contributed by atoms with Crippen molar-refractivity contribution in [3.8, 4) is 17.6 Å². The minimum atomic E-state index is -0.571. The maximum Gasteiger partial charge on any atom is 0.308 e. The summed E-state index contributed by atoms with van der Waals surface area (Å²) >= 11 is 5.88. The average Bonchev–Trinajstić information content (AvgIpc) is 2.60. The zero-order valence-corrected chi connectivity index (χ0v) is 14.8. The molecule has 132 valence electrons. The van der Waals surface area contributed by atoms with Crippen LogP contribution in [0.2, 0.25) is 5.02 Å². The van der Waals surface area contributed by atoms with E-state index in [2.05, 4.69) is 5.32 Å². The highest BCUT2D eigenvalue weighted by Gasteiger charge is 2.12. The van der Waals surface area contributed by atoms with Crippen LogP contribution < -0.4 is 14.8 Å². The van der Waals surface area contributed by atoms with Crippen molar-refractivity contribution in [2.75, 3.05) is 12.4 Å². The molecule has 0 aliphatic heterocycles. The van der Waals surface area contributed by atoms with Crippen LogP contribution >= 0.6 is 11.6 Å². The number of ether oxygens (including phenoxy) is 2. The molecule has 0 saturated heterocycles. The van der Waals surface area contributed by atoms with Crippen molar-refractivity contribution in [2.45, 2.75) is 6.92 Å². The third-order valence-electron chi connectivity index (χ3n) is 3.20. The van der Waals surface area contributed by atoms with Gasteiger partial charge in [-0.15, -0.1) is 0 Å². The first-order valence-corrected chi connectivity index (χ1v) is 7.86. The van der Waals surface area contributed by atoms with E-state index in [0.29, 0.717) is 22.0 Å². The van der Waals surface area contributed by atoms with E-state index < -0.39 is 11.9 Å². The van der Waals surface area contributed by atoms with Gasteiger partial charge in [-0.3, -0.25) is 9.59 Å². The Morgan fingerprint density at radius 1 is 1.19 bits per heavy atom. The highest BCUT2D eigenvalue weighted by atomic mass is 35.5. The molecule has 0 aromatic heterocycles. The molecule has 0 saturated carbocycles. The maximum atomic E-state index is 12.3. The molecule has 26 heavy (non-hydrogen) atoms. The number of nitrogens with zero attached hydrogens (tertiary/aromatic N) is 1. The van der Waals surface area contributed by atoms with Gasteiger partial charge in [-0.2, -0.15) is 5.26 Å². The maximum absolute atomic E-state index is 12.3. The minimum Gasteiger partial charge on any atom is -0.493 e. The second-order valence-electron chi connectivity index (χ2n) is 5.14. The largest absolute Gasteiger partial charge is 0.493 e. The summed E-state index contributed by atoms with van der Waals surface area (Å²) < 4.78 is 10.2. The fourth-order valence-electron chi connectivity index (χ4n) is 2.09. The summed E-state index contributed by atoms with van der Waals surface area (Å²) in [7, 11) is 1.42.